The molecule has 1 aromatic carbocycles. The number of nitrogens with one attached hydrogen (secondary N) is 1. The average Bonchev–Trinajstić information content (AvgIpc) is 2.34. The maximum absolute atomic E-state index is 11.9. The van der Waals surface area contributed by atoms with Crippen LogP contribution < -0.4 is 15.0 Å². The van der Waals surface area contributed by atoms with E-state index in [9.17, 15) is 9.59 Å². The van der Waals surface area contributed by atoms with Crippen LogP contribution in [0.2, 0.25) is 0 Å². The number of amides is 2. The second-order valence-electron chi connectivity index (χ2n) is 5.00. The molecule has 0 aliphatic heterocycles. The minimum absolute atomic E-state index is 0.0205. The number of methoxy groups -OCH3 is 1. The average molecular weight is 278 g/mol. The van der Waals surface area contributed by atoms with Crippen LogP contribution in [-0.2, 0) is 9.59 Å². The van der Waals surface area contributed by atoms with Gasteiger partial charge in [0.05, 0.1) is 12.8 Å². The highest BCUT2D eigenvalue weighted by atomic mass is 16.5. The molecule has 5 heteroatoms. The summed E-state index contributed by atoms with van der Waals surface area (Å²) in [5.41, 5.74) is 1.61. The highest BCUT2D eigenvalue weighted by Crippen LogP contribution is 2.29. The number of nitrogens with zero attached hydrogens (tertiary/aromatic N) is 1. The summed E-state index contributed by atoms with van der Waals surface area (Å²) >= 11 is 0. The van der Waals surface area contributed by atoms with Crippen LogP contribution in [0.5, 0.6) is 5.75 Å². The number of hydrogen-bond acceptors (Lipinski definition) is 3. The lowest BCUT2D eigenvalue weighted by atomic mass is 10.2. The van der Waals surface area contributed by atoms with Crippen LogP contribution in [0.15, 0.2) is 18.2 Å². The summed E-state index contributed by atoms with van der Waals surface area (Å²) in [6, 6.07) is 5.56. The van der Waals surface area contributed by atoms with Crippen molar-refractivity contribution in [3.8, 4) is 5.75 Å². The molecular formula is C15H22N2O3. The van der Waals surface area contributed by atoms with E-state index in [0.717, 1.165) is 5.56 Å². The number of benzene rings is 1. The quantitative estimate of drug-likeness (QED) is 0.894. The Morgan fingerprint density at radius 2 is 2.00 bits per heavy atom. The van der Waals surface area contributed by atoms with E-state index in [1.807, 2.05) is 32.9 Å². The van der Waals surface area contributed by atoms with Crippen molar-refractivity contribution >= 4 is 17.5 Å². The van der Waals surface area contributed by atoms with Gasteiger partial charge < -0.3 is 10.1 Å². The van der Waals surface area contributed by atoms with Crippen molar-refractivity contribution in [3.63, 3.8) is 0 Å². The molecule has 0 unspecified atom stereocenters. The topological polar surface area (TPSA) is 58.6 Å². The standard InChI is InChI=1S/C15H22N2O3/c1-10(2)16-15(19)9-17(12(4)18)13-8-11(3)6-7-14(13)20-5/h6-8,10H,9H2,1-5H3,(H,16,19). The SMILES string of the molecule is COc1ccc(C)cc1N(CC(=O)NC(C)C)C(C)=O. The van der Waals surface area contributed by atoms with Crippen molar-refractivity contribution < 1.29 is 14.3 Å². The molecule has 1 rings (SSSR count). The summed E-state index contributed by atoms with van der Waals surface area (Å²) in [7, 11) is 1.54. The Balaban J connectivity index is 3.05. The lowest BCUT2D eigenvalue weighted by molar-refractivity contribution is -0.123. The second-order valence-corrected chi connectivity index (χ2v) is 5.00. The fourth-order valence-corrected chi connectivity index (χ4v) is 1.89. The maximum Gasteiger partial charge on any atom is 0.240 e. The van der Waals surface area contributed by atoms with Gasteiger partial charge >= 0.3 is 0 Å². The van der Waals surface area contributed by atoms with E-state index < -0.39 is 0 Å². The van der Waals surface area contributed by atoms with Crippen LogP contribution in [0.1, 0.15) is 26.3 Å². The molecule has 20 heavy (non-hydrogen) atoms. The molecule has 1 N–H and O–H groups in total. The molecule has 0 fully saturated rings. The number of hydrogen-bond donors (Lipinski definition) is 1. The van der Waals surface area contributed by atoms with Gasteiger partial charge in [-0.2, -0.15) is 0 Å². The molecule has 0 aromatic heterocycles. The number of carbonyl (C=O) groups is 2. The summed E-state index contributed by atoms with van der Waals surface area (Å²) in [4.78, 5) is 25.1. The van der Waals surface area contributed by atoms with Crippen molar-refractivity contribution in [3.05, 3.63) is 23.8 Å². The van der Waals surface area contributed by atoms with Crippen LogP contribution >= 0.6 is 0 Å². The zero-order valence-electron chi connectivity index (χ0n) is 12.7. The van der Waals surface area contributed by atoms with Crippen LogP contribution in [0.4, 0.5) is 5.69 Å². The molecule has 2 amide bonds. The normalized spacial score (nSPS) is 10.3. The fraction of sp³-hybridized carbons (Fsp3) is 0.467. The summed E-state index contributed by atoms with van der Waals surface area (Å²) in [6.07, 6.45) is 0. The number of aryl methyl sites for hydroxylation is 1. The van der Waals surface area contributed by atoms with Gasteiger partial charge in [-0.3, -0.25) is 14.5 Å². The van der Waals surface area contributed by atoms with Crippen LogP contribution in [0.25, 0.3) is 0 Å². The van der Waals surface area contributed by atoms with Crippen molar-refractivity contribution in [2.75, 3.05) is 18.6 Å². The van der Waals surface area contributed by atoms with E-state index >= 15 is 0 Å². The lowest BCUT2D eigenvalue weighted by Gasteiger charge is -2.23. The predicted octanol–water partition coefficient (Wildman–Crippen LogP) is 1.88. The Bertz CT molecular complexity index is 498. The molecular weight excluding hydrogens is 256 g/mol. The number of anilines is 1. The Hall–Kier alpha value is -2.04. The molecule has 0 saturated carbocycles. The van der Waals surface area contributed by atoms with Gasteiger partial charge in [0.1, 0.15) is 12.3 Å². The summed E-state index contributed by atoms with van der Waals surface area (Å²) in [5, 5.41) is 2.78. The zero-order chi connectivity index (χ0) is 15.3. The van der Waals surface area contributed by atoms with E-state index in [1.54, 1.807) is 13.2 Å². The maximum atomic E-state index is 11.9. The summed E-state index contributed by atoms with van der Waals surface area (Å²) in [6.45, 7) is 7.10. The first kappa shape index (κ1) is 16.0. The number of carbonyl (C=O) groups excluding carboxylic acids is 2. The molecule has 0 aliphatic carbocycles. The Morgan fingerprint density at radius 3 is 2.50 bits per heavy atom. The summed E-state index contributed by atoms with van der Waals surface area (Å²) < 4.78 is 5.27. The van der Waals surface area contributed by atoms with Gasteiger partial charge in [-0.1, -0.05) is 6.07 Å². The van der Waals surface area contributed by atoms with Gasteiger partial charge in [-0.15, -0.1) is 0 Å². The lowest BCUT2D eigenvalue weighted by Crippen LogP contribution is -2.42. The second kappa shape index (κ2) is 6.93. The van der Waals surface area contributed by atoms with Gasteiger partial charge in [0.15, 0.2) is 0 Å². The third-order valence-corrected chi connectivity index (χ3v) is 2.76. The van der Waals surface area contributed by atoms with Gasteiger partial charge in [0.25, 0.3) is 0 Å². The summed E-state index contributed by atoms with van der Waals surface area (Å²) in [5.74, 6) is 0.176. The molecule has 0 radical (unpaired) electrons. The zero-order valence-corrected chi connectivity index (χ0v) is 12.7. The van der Waals surface area contributed by atoms with Crippen molar-refractivity contribution in [1.82, 2.24) is 5.32 Å². The highest BCUT2D eigenvalue weighted by molar-refractivity contribution is 5.98. The molecule has 5 nitrogen and oxygen atoms in total. The third kappa shape index (κ3) is 4.26. The molecule has 0 atom stereocenters. The Morgan fingerprint density at radius 1 is 1.35 bits per heavy atom. The van der Waals surface area contributed by atoms with Crippen LogP contribution in [0, 0.1) is 6.92 Å². The molecule has 0 aliphatic rings. The van der Waals surface area contributed by atoms with E-state index in [0.29, 0.717) is 11.4 Å². The molecule has 1 aromatic rings. The third-order valence-electron chi connectivity index (χ3n) is 2.76. The predicted molar refractivity (Wildman–Crippen MR) is 79.0 cm³/mol. The largest absolute Gasteiger partial charge is 0.495 e. The monoisotopic (exact) mass is 278 g/mol. The smallest absolute Gasteiger partial charge is 0.240 e. The first-order valence-electron chi connectivity index (χ1n) is 6.57. The van der Waals surface area contributed by atoms with Crippen LogP contribution in [0.3, 0.4) is 0 Å². The van der Waals surface area contributed by atoms with Gasteiger partial charge in [-0.25, -0.2) is 0 Å². The Labute approximate surface area is 119 Å². The van der Waals surface area contributed by atoms with Crippen molar-refractivity contribution in [2.24, 2.45) is 0 Å². The minimum Gasteiger partial charge on any atom is -0.495 e. The van der Waals surface area contributed by atoms with E-state index in [-0.39, 0.29) is 24.4 Å². The minimum atomic E-state index is -0.201. The van der Waals surface area contributed by atoms with Crippen molar-refractivity contribution in [1.29, 1.82) is 0 Å². The molecule has 110 valence electrons. The number of ether oxygens (including phenoxy) is 1. The first-order chi connectivity index (χ1) is 9.35. The highest BCUT2D eigenvalue weighted by Gasteiger charge is 2.19. The number of rotatable bonds is 5. The first-order valence-corrected chi connectivity index (χ1v) is 6.57. The molecule has 0 saturated heterocycles. The Kier molecular flexibility index (Phi) is 5.55. The molecule has 0 bridgehead atoms. The van der Waals surface area contributed by atoms with Crippen LogP contribution in [-0.4, -0.2) is 31.5 Å². The van der Waals surface area contributed by atoms with E-state index in [1.165, 1.54) is 11.8 Å². The van der Waals surface area contributed by atoms with Crippen molar-refractivity contribution in [2.45, 2.75) is 33.7 Å². The fourth-order valence-electron chi connectivity index (χ4n) is 1.89. The van der Waals surface area contributed by atoms with Gasteiger partial charge in [-0.05, 0) is 38.5 Å². The van der Waals surface area contributed by atoms with Gasteiger partial charge in [0, 0.05) is 13.0 Å². The molecule has 0 spiro atoms. The van der Waals surface area contributed by atoms with E-state index in [2.05, 4.69) is 5.32 Å². The van der Waals surface area contributed by atoms with Gasteiger partial charge in [0.2, 0.25) is 11.8 Å². The molecule has 0 heterocycles. The van der Waals surface area contributed by atoms with E-state index in [4.69, 9.17) is 4.74 Å².